The van der Waals surface area contributed by atoms with E-state index in [4.69, 9.17) is 13.9 Å². The Morgan fingerprint density at radius 2 is 1.83 bits per heavy atom. The number of carbonyl (C=O) groups excluding carboxylic acids is 2. The first-order valence-electron chi connectivity index (χ1n) is 9.47. The van der Waals surface area contributed by atoms with Crippen molar-refractivity contribution in [2.75, 3.05) is 12.4 Å². The molecule has 0 radical (unpaired) electrons. The first-order valence-corrected chi connectivity index (χ1v) is 9.47. The maximum Gasteiger partial charge on any atom is 0.428 e. The zero-order valence-electron chi connectivity index (χ0n) is 17.7. The van der Waals surface area contributed by atoms with Crippen LogP contribution in [0.3, 0.4) is 0 Å². The molecule has 8 nitrogen and oxygen atoms in total. The molecule has 8 heteroatoms. The number of anilines is 1. The zero-order chi connectivity index (χ0) is 21.9. The molecular formula is C22H25N3O5. The number of nitrogens with one attached hydrogen (secondary N) is 2. The molecule has 3 rings (SSSR count). The SMILES string of the molecule is COc1cc2c(cc1NC(=O)CC(C)=NNC(=O)OC(C)(C)C)oc1ccccc12. The second-order valence-corrected chi connectivity index (χ2v) is 7.83. The van der Waals surface area contributed by atoms with Gasteiger partial charge in [-0.15, -0.1) is 0 Å². The molecule has 0 aliphatic heterocycles. The first kappa shape index (κ1) is 21.2. The van der Waals surface area contributed by atoms with E-state index in [1.54, 1.807) is 33.8 Å². The van der Waals surface area contributed by atoms with Gasteiger partial charge in [0.05, 0.1) is 19.2 Å². The fourth-order valence-electron chi connectivity index (χ4n) is 2.93. The molecule has 0 saturated heterocycles. The van der Waals surface area contributed by atoms with Crippen LogP contribution in [-0.4, -0.2) is 30.4 Å². The fraction of sp³-hybridized carbons (Fsp3) is 0.318. The summed E-state index contributed by atoms with van der Waals surface area (Å²) in [5, 5.41) is 8.57. The van der Waals surface area contributed by atoms with E-state index in [2.05, 4.69) is 15.8 Å². The van der Waals surface area contributed by atoms with Gasteiger partial charge in [-0.3, -0.25) is 4.79 Å². The number of para-hydroxylation sites is 1. The lowest BCUT2D eigenvalue weighted by Gasteiger charge is -2.18. The first-order chi connectivity index (χ1) is 14.2. The Morgan fingerprint density at radius 3 is 2.53 bits per heavy atom. The standard InChI is InChI=1S/C22H25N3O5/c1-13(24-25-21(27)30-22(2,3)4)10-20(26)23-16-12-18-15(11-19(16)28-5)14-8-6-7-9-17(14)29-18/h6-9,11-12H,10H2,1-5H3,(H,23,26)(H,25,27). The van der Waals surface area contributed by atoms with Crippen LogP contribution in [0.2, 0.25) is 0 Å². The number of hydrogen-bond donors (Lipinski definition) is 2. The molecule has 0 atom stereocenters. The van der Waals surface area contributed by atoms with Crippen molar-refractivity contribution < 1.29 is 23.5 Å². The molecule has 158 valence electrons. The maximum atomic E-state index is 12.5. The van der Waals surface area contributed by atoms with Gasteiger partial charge in [-0.1, -0.05) is 18.2 Å². The molecular weight excluding hydrogens is 386 g/mol. The predicted molar refractivity (Wildman–Crippen MR) is 116 cm³/mol. The summed E-state index contributed by atoms with van der Waals surface area (Å²) in [4.78, 5) is 24.1. The van der Waals surface area contributed by atoms with E-state index in [0.717, 1.165) is 16.4 Å². The largest absolute Gasteiger partial charge is 0.495 e. The van der Waals surface area contributed by atoms with Crippen LogP contribution in [0.15, 0.2) is 45.9 Å². The Balaban J connectivity index is 1.72. The Bertz CT molecular complexity index is 1120. The molecule has 1 heterocycles. The van der Waals surface area contributed by atoms with E-state index in [1.165, 1.54) is 7.11 Å². The minimum Gasteiger partial charge on any atom is -0.495 e. The number of furan rings is 1. The molecule has 0 spiro atoms. The topological polar surface area (TPSA) is 102 Å². The van der Waals surface area contributed by atoms with Crippen molar-refractivity contribution in [2.45, 2.75) is 39.7 Å². The number of methoxy groups -OCH3 is 1. The highest BCUT2D eigenvalue weighted by atomic mass is 16.6. The third kappa shape index (κ3) is 5.08. The van der Waals surface area contributed by atoms with E-state index < -0.39 is 11.7 Å². The lowest BCUT2D eigenvalue weighted by Crippen LogP contribution is -2.30. The highest BCUT2D eigenvalue weighted by Gasteiger charge is 2.17. The van der Waals surface area contributed by atoms with Gasteiger partial charge >= 0.3 is 6.09 Å². The fourth-order valence-corrected chi connectivity index (χ4v) is 2.93. The third-order valence-corrected chi connectivity index (χ3v) is 4.13. The Labute approximate surface area is 174 Å². The lowest BCUT2D eigenvalue weighted by molar-refractivity contribution is -0.115. The minimum absolute atomic E-state index is 0.0167. The molecule has 0 fully saturated rings. The molecule has 1 aromatic heterocycles. The highest BCUT2D eigenvalue weighted by Crippen LogP contribution is 2.36. The minimum atomic E-state index is -0.681. The van der Waals surface area contributed by atoms with Crippen LogP contribution in [-0.2, 0) is 9.53 Å². The van der Waals surface area contributed by atoms with E-state index in [9.17, 15) is 9.59 Å². The molecule has 0 aliphatic carbocycles. The molecule has 0 saturated carbocycles. The van der Waals surface area contributed by atoms with Crippen LogP contribution in [0.5, 0.6) is 5.75 Å². The van der Waals surface area contributed by atoms with E-state index in [0.29, 0.717) is 22.7 Å². The van der Waals surface area contributed by atoms with Crippen molar-refractivity contribution in [3.63, 3.8) is 0 Å². The third-order valence-electron chi connectivity index (χ3n) is 4.13. The molecule has 2 aromatic carbocycles. The number of benzene rings is 2. The monoisotopic (exact) mass is 411 g/mol. The summed E-state index contributed by atoms with van der Waals surface area (Å²) in [6.07, 6.45) is -0.698. The van der Waals surface area contributed by atoms with Gasteiger partial charge in [-0.25, -0.2) is 10.2 Å². The van der Waals surface area contributed by atoms with Crippen molar-refractivity contribution in [3.8, 4) is 5.75 Å². The number of amides is 2. The smallest absolute Gasteiger partial charge is 0.428 e. The summed E-state index contributed by atoms with van der Waals surface area (Å²) in [6, 6.07) is 11.3. The van der Waals surface area contributed by atoms with Crippen molar-refractivity contribution in [1.82, 2.24) is 5.43 Å². The van der Waals surface area contributed by atoms with Crippen LogP contribution in [0.25, 0.3) is 21.9 Å². The van der Waals surface area contributed by atoms with Crippen LogP contribution >= 0.6 is 0 Å². The van der Waals surface area contributed by atoms with Gasteiger partial charge in [-0.05, 0) is 39.8 Å². The lowest BCUT2D eigenvalue weighted by atomic mass is 10.1. The Hall–Kier alpha value is -3.55. The van der Waals surface area contributed by atoms with Crippen LogP contribution < -0.4 is 15.5 Å². The molecule has 0 bridgehead atoms. The van der Waals surface area contributed by atoms with E-state index >= 15 is 0 Å². The Morgan fingerprint density at radius 1 is 1.10 bits per heavy atom. The summed E-state index contributed by atoms with van der Waals surface area (Å²) >= 11 is 0. The molecule has 0 aliphatic rings. The quantitative estimate of drug-likeness (QED) is 0.463. The summed E-state index contributed by atoms with van der Waals surface area (Å²) < 4.78 is 16.4. The van der Waals surface area contributed by atoms with Crippen molar-refractivity contribution in [2.24, 2.45) is 5.10 Å². The van der Waals surface area contributed by atoms with Crippen LogP contribution in [0.1, 0.15) is 34.1 Å². The van der Waals surface area contributed by atoms with Crippen LogP contribution in [0.4, 0.5) is 10.5 Å². The summed E-state index contributed by atoms with van der Waals surface area (Å²) in [5.74, 6) is 0.208. The van der Waals surface area contributed by atoms with Crippen molar-refractivity contribution >= 4 is 45.3 Å². The van der Waals surface area contributed by atoms with Crippen LogP contribution in [0, 0.1) is 0 Å². The van der Waals surface area contributed by atoms with Gasteiger partial charge in [0.25, 0.3) is 0 Å². The zero-order valence-corrected chi connectivity index (χ0v) is 17.7. The molecule has 2 N–H and O–H groups in total. The van der Waals surface area contributed by atoms with Gasteiger partial charge in [0, 0.05) is 22.6 Å². The maximum absolute atomic E-state index is 12.5. The number of carbonyl (C=O) groups is 2. The second-order valence-electron chi connectivity index (χ2n) is 7.83. The number of hydrogen-bond acceptors (Lipinski definition) is 6. The second kappa shape index (κ2) is 8.44. The Kier molecular flexibility index (Phi) is 5.96. The van der Waals surface area contributed by atoms with Crippen molar-refractivity contribution in [1.29, 1.82) is 0 Å². The highest BCUT2D eigenvalue weighted by molar-refractivity contribution is 6.10. The number of rotatable bonds is 5. The van der Waals surface area contributed by atoms with E-state index in [1.807, 2.05) is 30.3 Å². The van der Waals surface area contributed by atoms with E-state index in [-0.39, 0.29) is 12.3 Å². The molecule has 3 aromatic rings. The van der Waals surface area contributed by atoms with Gasteiger partial charge < -0.3 is 19.2 Å². The van der Waals surface area contributed by atoms with Gasteiger partial charge in [0.2, 0.25) is 5.91 Å². The molecule has 0 unspecified atom stereocenters. The summed E-state index contributed by atoms with van der Waals surface area (Å²) in [5.41, 5.74) is 3.96. The molecule has 30 heavy (non-hydrogen) atoms. The van der Waals surface area contributed by atoms with Crippen molar-refractivity contribution in [3.05, 3.63) is 36.4 Å². The number of fused-ring (bicyclic) bond motifs is 3. The summed E-state index contributed by atoms with van der Waals surface area (Å²) in [6.45, 7) is 6.89. The predicted octanol–water partition coefficient (Wildman–Crippen LogP) is 4.82. The number of hydrazone groups is 1. The average Bonchev–Trinajstić information content (AvgIpc) is 3.01. The van der Waals surface area contributed by atoms with Gasteiger partial charge in [0.1, 0.15) is 22.5 Å². The number of nitrogens with zero attached hydrogens (tertiary/aromatic N) is 1. The number of ether oxygens (including phenoxy) is 2. The summed E-state index contributed by atoms with van der Waals surface area (Å²) in [7, 11) is 1.54. The molecule has 2 amide bonds. The van der Waals surface area contributed by atoms with Gasteiger partial charge in [-0.2, -0.15) is 5.10 Å². The van der Waals surface area contributed by atoms with Gasteiger partial charge in [0.15, 0.2) is 0 Å². The normalized spacial score (nSPS) is 12.1. The average molecular weight is 411 g/mol.